The Morgan fingerprint density at radius 1 is 1.38 bits per heavy atom. The molecule has 0 bridgehead atoms. The Morgan fingerprint density at radius 2 is 2.05 bits per heavy atom. The van der Waals surface area contributed by atoms with Gasteiger partial charge in [0, 0.05) is 12.1 Å². The lowest BCUT2D eigenvalue weighted by atomic mass is 10.0. The van der Waals surface area contributed by atoms with Crippen molar-refractivity contribution in [2.75, 3.05) is 7.11 Å². The standard InChI is InChI=1S/C16H26N2O3/c1-6-16(3,4)18-15(19)11(2)21-13-8-7-12(10-17)9-14(13)20-5/h7-9,11H,6,10,17H2,1-5H3,(H,18,19). The summed E-state index contributed by atoms with van der Waals surface area (Å²) in [4.78, 5) is 12.1. The first-order valence-corrected chi connectivity index (χ1v) is 7.18. The molecule has 3 N–H and O–H groups in total. The molecule has 0 saturated heterocycles. The van der Waals surface area contributed by atoms with Gasteiger partial charge >= 0.3 is 0 Å². The highest BCUT2D eigenvalue weighted by Crippen LogP contribution is 2.29. The van der Waals surface area contributed by atoms with E-state index in [1.807, 2.05) is 32.9 Å². The Labute approximate surface area is 126 Å². The number of carbonyl (C=O) groups excluding carboxylic acids is 1. The summed E-state index contributed by atoms with van der Waals surface area (Å²) in [6.07, 6.45) is 0.244. The summed E-state index contributed by atoms with van der Waals surface area (Å²) in [5.74, 6) is 0.964. The van der Waals surface area contributed by atoms with Gasteiger partial charge in [-0.3, -0.25) is 4.79 Å². The number of rotatable bonds is 7. The third kappa shape index (κ3) is 4.93. The van der Waals surface area contributed by atoms with Crippen LogP contribution in [0, 0.1) is 0 Å². The highest BCUT2D eigenvalue weighted by Gasteiger charge is 2.23. The molecule has 0 saturated carbocycles. The van der Waals surface area contributed by atoms with E-state index in [1.165, 1.54) is 0 Å². The number of carbonyl (C=O) groups is 1. The highest BCUT2D eigenvalue weighted by molar-refractivity contribution is 5.81. The van der Waals surface area contributed by atoms with Crippen LogP contribution in [-0.2, 0) is 11.3 Å². The first-order chi connectivity index (χ1) is 9.82. The normalized spacial score (nSPS) is 12.7. The molecule has 0 aliphatic rings. The van der Waals surface area contributed by atoms with Gasteiger partial charge in [0.25, 0.3) is 5.91 Å². The summed E-state index contributed by atoms with van der Waals surface area (Å²) in [5.41, 5.74) is 6.30. The van der Waals surface area contributed by atoms with Crippen LogP contribution in [0.15, 0.2) is 18.2 Å². The number of amides is 1. The third-order valence-corrected chi connectivity index (χ3v) is 3.48. The van der Waals surface area contributed by atoms with Gasteiger partial charge in [0.05, 0.1) is 7.11 Å². The molecule has 21 heavy (non-hydrogen) atoms. The molecule has 1 aromatic carbocycles. The van der Waals surface area contributed by atoms with Gasteiger partial charge in [-0.1, -0.05) is 13.0 Å². The summed E-state index contributed by atoms with van der Waals surface area (Å²) >= 11 is 0. The zero-order chi connectivity index (χ0) is 16.0. The van der Waals surface area contributed by atoms with Crippen LogP contribution in [0.4, 0.5) is 0 Å². The molecule has 1 unspecified atom stereocenters. The molecule has 1 rings (SSSR count). The fourth-order valence-electron chi connectivity index (χ4n) is 1.70. The van der Waals surface area contributed by atoms with Crippen molar-refractivity contribution in [3.63, 3.8) is 0 Å². The number of hydrogen-bond acceptors (Lipinski definition) is 4. The van der Waals surface area contributed by atoms with Crippen LogP contribution < -0.4 is 20.5 Å². The predicted octanol–water partition coefficient (Wildman–Crippen LogP) is 2.23. The molecule has 0 heterocycles. The Bertz CT molecular complexity index is 486. The van der Waals surface area contributed by atoms with Crippen LogP contribution in [0.5, 0.6) is 11.5 Å². The van der Waals surface area contributed by atoms with E-state index in [0.29, 0.717) is 18.0 Å². The summed E-state index contributed by atoms with van der Waals surface area (Å²) < 4.78 is 11.0. The molecule has 118 valence electrons. The van der Waals surface area contributed by atoms with Crippen molar-refractivity contribution < 1.29 is 14.3 Å². The summed E-state index contributed by atoms with van der Waals surface area (Å²) in [6.45, 7) is 8.14. The number of methoxy groups -OCH3 is 1. The van der Waals surface area contributed by atoms with Crippen molar-refractivity contribution in [1.82, 2.24) is 5.32 Å². The molecule has 1 atom stereocenters. The average Bonchev–Trinajstić information content (AvgIpc) is 2.47. The van der Waals surface area contributed by atoms with Gasteiger partial charge in [0.1, 0.15) is 0 Å². The van der Waals surface area contributed by atoms with Gasteiger partial charge in [-0.15, -0.1) is 0 Å². The molecule has 0 spiro atoms. The zero-order valence-electron chi connectivity index (χ0n) is 13.5. The second-order valence-corrected chi connectivity index (χ2v) is 5.68. The van der Waals surface area contributed by atoms with Crippen molar-refractivity contribution in [2.24, 2.45) is 5.73 Å². The van der Waals surface area contributed by atoms with E-state index in [4.69, 9.17) is 15.2 Å². The van der Waals surface area contributed by atoms with E-state index in [9.17, 15) is 4.79 Å². The average molecular weight is 294 g/mol. The maximum absolute atomic E-state index is 12.1. The van der Waals surface area contributed by atoms with Crippen LogP contribution >= 0.6 is 0 Å². The molecule has 1 aromatic rings. The van der Waals surface area contributed by atoms with Crippen LogP contribution in [0.25, 0.3) is 0 Å². The number of benzene rings is 1. The minimum atomic E-state index is -0.603. The topological polar surface area (TPSA) is 73.6 Å². The molecule has 0 fully saturated rings. The first kappa shape index (κ1) is 17.3. The molecule has 0 aliphatic heterocycles. The van der Waals surface area contributed by atoms with E-state index >= 15 is 0 Å². The fraction of sp³-hybridized carbons (Fsp3) is 0.562. The third-order valence-electron chi connectivity index (χ3n) is 3.48. The summed E-state index contributed by atoms with van der Waals surface area (Å²) in [6, 6.07) is 5.45. The molecule has 5 heteroatoms. The van der Waals surface area contributed by atoms with Gasteiger partial charge in [-0.05, 0) is 44.9 Å². The maximum Gasteiger partial charge on any atom is 0.261 e. The predicted molar refractivity (Wildman–Crippen MR) is 83.5 cm³/mol. The van der Waals surface area contributed by atoms with Crippen LogP contribution in [0.1, 0.15) is 39.7 Å². The Hall–Kier alpha value is -1.75. The fourth-order valence-corrected chi connectivity index (χ4v) is 1.70. The lowest BCUT2D eigenvalue weighted by molar-refractivity contribution is -0.129. The quantitative estimate of drug-likeness (QED) is 0.808. The Morgan fingerprint density at radius 3 is 2.57 bits per heavy atom. The minimum Gasteiger partial charge on any atom is -0.493 e. The Kier molecular flexibility index (Phi) is 6.03. The smallest absolute Gasteiger partial charge is 0.261 e. The Balaban J connectivity index is 2.78. The molecule has 5 nitrogen and oxygen atoms in total. The van der Waals surface area contributed by atoms with E-state index < -0.39 is 6.10 Å². The number of hydrogen-bond donors (Lipinski definition) is 2. The molecule has 0 aromatic heterocycles. The monoisotopic (exact) mass is 294 g/mol. The van der Waals surface area contributed by atoms with Crippen molar-refractivity contribution in [3.05, 3.63) is 23.8 Å². The van der Waals surface area contributed by atoms with E-state index in [-0.39, 0.29) is 11.4 Å². The van der Waals surface area contributed by atoms with Crippen LogP contribution in [0.3, 0.4) is 0 Å². The molecule has 0 radical (unpaired) electrons. The van der Waals surface area contributed by atoms with E-state index in [1.54, 1.807) is 20.1 Å². The zero-order valence-corrected chi connectivity index (χ0v) is 13.5. The van der Waals surface area contributed by atoms with Crippen molar-refractivity contribution in [2.45, 2.75) is 52.3 Å². The molecule has 1 amide bonds. The summed E-state index contributed by atoms with van der Waals surface area (Å²) in [7, 11) is 1.56. The SMILES string of the molecule is CCC(C)(C)NC(=O)C(C)Oc1ccc(CN)cc1OC. The van der Waals surface area contributed by atoms with Gasteiger partial charge in [0.2, 0.25) is 0 Å². The number of nitrogens with one attached hydrogen (secondary N) is 1. The second kappa shape index (κ2) is 7.31. The van der Waals surface area contributed by atoms with Crippen LogP contribution in [-0.4, -0.2) is 24.7 Å². The molecular formula is C16H26N2O3. The van der Waals surface area contributed by atoms with Crippen molar-refractivity contribution in [3.8, 4) is 11.5 Å². The first-order valence-electron chi connectivity index (χ1n) is 7.18. The highest BCUT2D eigenvalue weighted by atomic mass is 16.5. The maximum atomic E-state index is 12.1. The molecular weight excluding hydrogens is 268 g/mol. The number of ether oxygens (including phenoxy) is 2. The van der Waals surface area contributed by atoms with Crippen molar-refractivity contribution >= 4 is 5.91 Å². The minimum absolute atomic E-state index is 0.146. The van der Waals surface area contributed by atoms with Gasteiger partial charge in [0.15, 0.2) is 17.6 Å². The number of nitrogens with two attached hydrogens (primary N) is 1. The van der Waals surface area contributed by atoms with Gasteiger partial charge in [-0.25, -0.2) is 0 Å². The second-order valence-electron chi connectivity index (χ2n) is 5.68. The van der Waals surface area contributed by atoms with Crippen LogP contribution in [0.2, 0.25) is 0 Å². The largest absolute Gasteiger partial charge is 0.493 e. The van der Waals surface area contributed by atoms with E-state index in [2.05, 4.69) is 5.32 Å². The van der Waals surface area contributed by atoms with E-state index in [0.717, 1.165) is 12.0 Å². The summed E-state index contributed by atoms with van der Waals surface area (Å²) in [5, 5.41) is 2.96. The molecule has 0 aliphatic carbocycles. The lowest BCUT2D eigenvalue weighted by Crippen LogP contribution is -2.48. The van der Waals surface area contributed by atoms with Crippen molar-refractivity contribution in [1.29, 1.82) is 0 Å². The van der Waals surface area contributed by atoms with Gasteiger partial charge < -0.3 is 20.5 Å². The lowest BCUT2D eigenvalue weighted by Gasteiger charge is -2.27. The van der Waals surface area contributed by atoms with Gasteiger partial charge in [-0.2, -0.15) is 0 Å².